The summed E-state index contributed by atoms with van der Waals surface area (Å²) in [4.78, 5) is 11.3. The molecule has 5 nitrogen and oxygen atoms in total. The highest BCUT2D eigenvalue weighted by Crippen LogP contribution is 2.37. The maximum Gasteiger partial charge on any atom is 0.192 e. The quantitative estimate of drug-likeness (QED) is 0.721. The van der Waals surface area contributed by atoms with E-state index in [0.717, 1.165) is 37.3 Å². The third kappa shape index (κ3) is 4.91. The van der Waals surface area contributed by atoms with Gasteiger partial charge < -0.3 is 15.1 Å². The molecule has 1 aliphatic heterocycles. The number of hydrogen-bond donors (Lipinski definition) is 1. The average molecular weight is 399 g/mol. The number of rotatable bonds is 5. The van der Waals surface area contributed by atoms with E-state index < -0.39 is 8.32 Å². The molecule has 3 rings (SSSR count). The topological polar surface area (TPSA) is 64.3 Å². The number of piperidine rings is 1. The van der Waals surface area contributed by atoms with Gasteiger partial charge in [-0.2, -0.15) is 0 Å². The van der Waals surface area contributed by atoms with Gasteiger partial charge >= 0.3 is 0 Å². The molecule has 2 aromatic heterocycles. The maximum absolute atomic E-state index is 6.31. The molecule has 2 aromatic rings. The molecule has 0 unspecified atom stereocenters. The molecule has 0 aromatic carbocycles. The van der Waals surface area contributed by atoms with Crippen molar-refractivity contribution in [3.63, 3.8) is 0 Å². The molecule has 28 heavy (non-hydrogen) atoms. The van der Waals surface area contributed by atoms with Gasteiger partial charge in [0.1, 0.15) is 11.6 Å². The van der Waals surface area contributed by atoms with Crippen molar-refractivity contribution >= 4 is 20.0 Å². The minimum Gasteiger partial charge on any atom is -0.413 e. The minimum atomic E-state index is -1.73. The molecule has 152 valence electrons. The number of anilines is 2. The van der Waals surface area contributed by atoms with Crippen molar-refractivity contribution < 1.29 is 4.43 Å². The van der Waals surface area contributed by atoms with Crippen LogP contribution in [0, 0.1) is 0 Å². The van der Waals surface area contributed by atoms with E-state index in [4.69, 9.17) is 15.1 Å². The zero-order valence-electron chi connectivity index (χ0n) is 17.9. The van der Waals surface area contributed by atoms with E-state index in [1.54, 1.807) is 0 Å². The molecule has 2 N–H and O–H groups in total. The van der Waals surface area contributed by atoms with Crippen LogP contribution in [0.25, 0.3) is 0 Å². The Hall–Kier alpha value is -1.92. The van der Waals surface area contributed by atoms with Gasteiger partial charge in [0.05, 0.1) is 6.61 Å². The lowest BCUT2D eigenvalue weighted by Crippen LogP contribution is -2.40. The third-order valence-corrected chi connectivity index (χ3v) is 10.8. The summed E-state index contributed by atoms with van der Waals surface area (Å²) in [5.41, 5.74) is 8.14. The summed E-state index contributed by atoms with van der Waals surface area (Å²) < 4.78 is 6.31. The van der Waals surface area contributed by atoms with Gasteiger partial charge in [-0.15, -0.1) is 0 Å². The summed E-state index contributed by atoms with van der Waals surface area (Å²) in [5.74, 6) is 2.20. The molecule has 1 aliphatic rings. The van der Waals surface area contributed by atoms with Crippen molar-refractivity contribution in [3.05, 3.63) is 47.8 Å². The number of nitrogens with zero attached hydrogens (tertiary/aromatic N) is 3. The molecule has 0 atom stereocenters. The van der Waals surface area contributed by atoms with E-state index in [1.807, 2.05) is 18.5 Å². The highest BCUT2D eigenvalue weighted by molar-refractivity contribution is 6.74. The molecule has 0 aliphatic carbocycles. The minimum absolute atomic E-state index is 0.227. The summed E-state index contributed by atoms with van der Waals surface area (Å²) >= 11 is 0. The van der Waals surface area contributed by atoms with E-state index in [1.165, 1.54) is 5.56 Å². The Morgan fingerprint density at radius 1 is 1.07 bits per heavy atom. The van der Waals surface area contributed by atoms with Crippen LogP contribution >= 0.6 is 0 Å². The SMILES string of the molecule is CC(C)(C)[Si](C)(C)OCc1ccc(N2CCC(c3ccc(N)nc3)CC2)nc1. The Kier molecular flexibility index (Phi) is 6.10. The fourth-order valence-corrected chi connectivity index (χ4v) is 4.23. The summed E-state index contributed by atoms with van der Waals surface area (Å²) in [5, 5.41) is 0.227. The molecular formula is C22H34N4OSi. The monoisotopic (exact) mass is 398 g/mol. The predicted molar refractivity (Wildman–Crippen MR) is 119 cm³/mol. The van der Waals surface area contributed by atoms with Gasteiger partial charge in [-0.1, -0.05) is 32.9 Å². The molecule has 0 radical (unpaired) electrons. The lowest BCUT2D eigenvalue weighted by molar-refractivity contribution is 0.276. The van der Waals surface area contributed by atoms with Crippen molar-refractivity contribution in [1.29, 1.82) is 0 Å². The largest absolute Gasteiger partial charge is 0.413 e. The molecule has 3 heterocycles. The van der Waals surface area contributed by atoms with Crippen LogP contribution in [0.1, 0.15) is 50.7 Å². The van der Waals surface area contributed by atoms with Crippen molar-refractivity contribution in [2.24, 2.45) is 0 Å². The van der Waals surface area contributed by atoms with E-state index >= 15 is 0 Å². The second-order valence-corrected chi connectivity index (χ2v) is 14.2. The number of nitrogens with two attached hydrogens (primary N) is 1. The summed E-state index contributed by atoms with van der Waals surface area (Å²) in [6.45, 7) is 14.1. The molecule has 1 fully saturated rings. The van der Waals surface area contributed by atoms with Crippen LogP contribution in [0.15, 0.2) is 36.7 Å². The Morgan fingerprint density at radius 3 is 2.32 bits per heavy atom. The van der Waals surface area contributed by atoms with Crippen molar-refractivity contribution in [1.82, 2.24) is 9.97 Å². The van der Waals surface area contributed by atoms with E-state index in [9.17, 15) is 0 Å². The van der Waals surface area contributed by atoms with Gasteiger partial charge in [-0.05, 0) is 60.2 Å². The average Bonchev–Trinajstić information content (AvgIpc) is 2.67. The van der Waals surface area contributed by atoms with Gasteiger partial charge in [0.2, 0.25) is 0 Å². The molecule has 0 saturated carbocycles. The number of hydrogen-bond acceptors (Lipinski definition) is 5. The van der Waals surface area contributed by atoms with Crippen LogP contribution in [-0.4, -0.2) is 31.4 Å². The van der Waals surface area contributed by atoms with Gasteiger partial charge in [0.15, 0.2) is 8.32 Å². The molecule has 0 amide bonds. The Morgan fingerprint density at radius 2 is 1.79 bits per heavy atom. The first-order valence-corrected chi connectivity index (χ1v) is 13.1. The van der Waals surface area contributed by atoms with Gasteiger partial charge in [-0.25, -0.2) is 9.97 Å². The standard InChI is InChI=1S/C22H34N4OSi/c1-22(2,3)28(4,5)27-16-17-6-9-21(25-14-17)26-12-10-18(11-13-26)19-7-8-20(23)24-15-19/h6-9,14-15,18H,10-13,16H2,1-5H3,(H2,23,24). The van der Waals surface area contributed by atoms with Crippen LogP contribution in [0.4, 0.5) is 11.6 Å². The van der Waals surface area contributed by atoms with Crippen molar-refractivity contribution in [2.45, 2.75) is 64.3 Å². The molecule has 6 heteroatoms. The Bertz CT molecular complexity index is 761. The second-order valence-electron chi connectivity index (χ2n) is 9.35. The molecule has 0 spiro atoms. The lowest BCUT2D eigenvalue weighted by Gasteiger charge is -2.36. The van der Waals surface area contributed by atoms with Crippen LogP contribution in [0.5, 0.6) is 0 Å². The number of pyridine rings is 2. The highest BCUT2D eigenvalue weighted by atomic mass is 28.4. The first kappa shape index (κ1) is 20.8. The smallest absolute Gasteiger partial charge is 0.192 e. The van der Waals surface area contributed by atoms with Gasteiger partial charge in [0.25, 0.3) is 0 Å². The van der Waals surface area contributed by atoms with Crippen LogP contribution in [-0.2, 0) is 11.0 Å². The van der Waals surface area contributed by atoms with E-state index in [0.29, 0.717) is 18.3 Å². The van der Waals surface area contributed by atoms with E-state index in [-0.39, 0.29) is 5.04 Å². The predicted octanol–water partition coefficient (Wildman–Crippen LogP) is 4.96. The normalized spacial score (nSPS) is 16.4. The second kappa shape index (κ2) is 8.21. The number of nitrogen functional groups attached to an aromatic ring is 1. The fourth-order valence-electron chi connectivity index (χ4n) is 3.27. The highest BCUT2D eigenvalue weighted by Gasteiger charge is 2.37. The third-order valence-electron chi connectivity index (χ3n) is 6.31. The maximum atomic E-state index is 6.31. The van der Waals surface area contributed by atoms with E-state index in [2.05, 4.69) is 61.9 Å². The van der Waals surface area contributed by atoms with Gasteiger partial charge in [-0.3, -0.25) is 0 Å². The molecular weight excluding hydrogens is 364 g/mol. The van der Waals surface area contributed by atoms with Crippen LogP contribution < -0.4 is 10.6 Å². The summed E-state index contributed by atoms with van der Waals surface area (Å²) in [7, 11) is -1.73. The Labute approximate surface area is 170 Å². The summed E-state index contributed by atoms with van der Waals surface area (Å²) in [6.07, 6.45) is 6.12. The lowest BCUT2D eigenvalue weighted by atomic mass is 9.90. The first-order valence-electron chi connectivity index (χ1n) is 10.2. The fraction of sp³-hybridized carbons (Fsp3) is 0.545. The first-order chi connectivity index (χ1) is 13.2. The molecule has 0 bridgehead atoms. The number of aromatic nitrogens is 2. The zero-order valence-corrected chi connectivity index (χ0v) is 18.9. The zero-order chi connectivity index (χ0) is 20.4. The van der Waals surface area contributed by atoms with Crippen molar-refractivity contribution in [3.8, 4) is 0 Å². The van der Waals surface area contributed by atoms with Gasteiger partial charge in [0, 0.05) is 25.5 Å². The van der Waals surface area contributed by atoms with Crippen LogP contribution in [0.2, 0.25) is 18.1 Å². The van der Waals surface area contributed by atoms with Crippen molar-refractivity contribution in [2.75, 3.05) is 23.7 Å². The summed E-state index contributed by atoms with van der Waals surface area (Å²) in [6, 6.07) is 8.30. The Balaban J connectivity index is 1.54. The molecule has 1 saturated heterocycles. The van der Waals surface area contributed by atoms with Crippen LogP contribution in [0.3, 0.4) is 0 Å².